The number of carbonyl (C=O) groups is 2. The van der Waals surface area contributed by atoms with Gasteiger partial charge in [0.1, 0.15) is 19.8 Å². The Morgan fingerprint density at radius 3 is 0.977 bits per heavy atom. The van der Waals surface area contributed by atoms with Crippen LogP contribution in [-0.4, -0.2) is 70.0 Å². The van der Waals surface area contributed by atoms with Gasteiger partial charge in [0.25, 0.3) is 7.82 Å². The fourth-order valence-corrected chi connectivity index (χ4v) is 11.2. The Balaban J connectivity index is 3.99. The summed E-state index contributed by atoms with van der Waals surface area (Å²) >= 11 is 0. The van der Waals surface area contributed by atoms with E-state index in [0.717, 1.165) is 83.5 Å². The highest BCUT2D eigenvalue weighted by Gasteiger charge is 2.22. The second-order valence-electron chi connectivity index (χ2n) is 25.9. The summed E-state index contributed by atoms with van der Waals surface area (Å²) in [4.78, 5) is 38.1. The van der Waals surface area contributed by atoms with Crippen LogP contribution in [0.3, 0.4) is 0 Å². The predicted octanol–water partition coefficient (Wildman–Crippen LogP) is 23.6. The summed E-state index contributed by atoms with van der Waals surface area (Å²) in [7, 11) is 1.17. The largest absolute Gasteiger partial charge is 0.756 e. The van der Waals surface area contributed by atoms with E-state index in [1.54, 1.807) is 0 Å². The van der Waals surface area contributed by atoms with Gasteiger partial charge in [-0.1, -0.05) is 323 Å². The molecule has 0 heterocycles. The molecule has 0 amide bonds. The molecule has 0 aliphatic carbocycles. The van der Waals surface area contributed by atoms with Gasteiger partial charge < -0.3 is 27.9 Å². The quantitative estimate of drug-likeness (QED) is 0.0195. The maximum atomic E-state index is 12.9. The van der Waals surface area contributed by atoms with Gasteiger partial charge in [0, 0.05) is 12.8 Å². The van der Waals surface area contributed by atoms with Gasteiger partial charge >= 0.3 is 11.9 Å². The molecular formula is C78H140NO8P. The van der Waals surface area contributed by atoms with Gasteiger partial charge in [-0.05, 0) is 96.3 Å². The summed E-state index contributed by atoms with van der Waals surface area (Å²) in [6.07, 6.45) is 95.0. The van der Waals surface area contributed by atoms with Crippen molar-refractivity contribution in [2.24, 2.45) is 0 Å². The van der Waals surface area contributed by atoms with Crippen LogP contribution in [0.5, 0.6) is 0 Å². The van der Waals surface area contributed by atoms with Crippen LogP contribution in [0, 0.1) is 0 Å². The molecule has 0 aromatic rings. The third-order valence-electron chi connectivity index (χ3n) is 16.1. The number of esters is 2. The van der Waals surface area contributed by atoms with E-state index in [0.29, 0.717) is 17.4 Å². The number of hydrogen-bond acceptors (Lipinski definition) is 8. The number of quaternary nitrogens is 1. The number of rotatable bonds is 68. The third kappa shape index (κ3) is 72.0. The van der Waals surface area contributed by atoms with Crippen LogP contribution in [0.25, 0.3) is 0 Å². The lowest BCUT2D eigenvalue weighted by atomic mass is 10.0. The number of likely N-dealkylation sites (N-methyl/N-ethyl adjacent to an activating group) is 1. The number of nitrogens with zero attached hydrogens (tertiary/aromatic N) is 1. The van der Waals surface area contributed by atoms with Crippen LogP contribution in [0.1, 0.15) is 335 Å². The average molecular weight is 1250 g/mol. The Morgan fingerprint density at radius 2 is 0.648 bits per heavy atom. The van der Waals surface area contributed by atoms with Gasteiger partial charge in [0.05, 0.1) is 27.7 Å². The van der Waals surface area contributed by atoms with Crippen LogP contribution in [0.2, 0.25) is 0 Å². The zero-order chi connectivity index (χ0) is 64.1. The summed E-state index contributed by atoms with van der Waals surface area (Å²) < 4.78 is 34.4. The smallest absolute Gasteiger partial charge is 0.306 e. The molecule has 0 bridgehead atoms. The van der Waals surface area contributed by atoms with Gasteiger partial charge in [-0.3, -0.25) is 14.2 Å². The molecule has 0 radical (unpaired) electrons. The van der Waals surface area contributed by atoms with Crippen molar-refractivity contribution in [3.05, 3.63) is 97.2 Å². The first kappa shape index (κ1) is 84.9. The molecule has 0 aliphatic heterocycles. The molecule has 10 heteroatoms. The fraction of sp³-hybridized carbons (Fsp3) is 0.769. The number of allylic oxidation sites excluding steroid dienone is 16. The molecule has 0 saturated heterocycles. The van der Waals surface area contributed by atoms with E-state index in [4.69, 9.17) is 18.5 Å². The highest BCUT2D eigenvalue weighted by Crippen LogP contribution is 2.38. The Labute approximate surface area is 544 Å². The van der Waals surface area contributed by atoms with E-state index in [2.05, 4.69) is 111 Å². The topological polar surface area (TPSA) is 111 Å². The van der Waals surface area contributed by atoms with E-state index >= 15 is 0 Å². The van der Waals surface area contributed by atoms with Crippen molar-refractivity contribution >= 4 is 19.8 Å². The molecule has 0 aliphatic rings. The van der Waals surface area contributed by atoms with E-state index in [1.807, 2.05) is 21.1 Å². The second-order valence-corrected chi connectivity index (χ2v) is 27.3. The molecule has 0 saturated carbocycles. The van der Waals surface area contributed by atoms with Crippen molar-refractivity contribution in [2.75, 3.05) is 47.5 Å². The van der Waals surface area contributed by atoms with Crippen LogP contribution >= 0.6 is 7.82 Å². The minimum absolute atomic E-state index is 0.0316. The Morgan fingerprint density at radius 1 is 0.364 bits per heavy atom. The van der Waals surface area contributed by atoms with Gasteiger partial charge in [-0.15, -0.1) is 0 Å². The van der Waals surface area contributed by atoms with E-state index in [9.17, 15) is 19.0 Å². The first-order valence-electron chi connectivity index (χ1n) is 36.9. The van der Waals surface area contributed by atoms with E-state index in [1.165, 1.54) is 218 Å². The summed E-state index contributed by atoms with van der Waals surface area (Å²) in [5.74, 6) is -0.821. The highest BCUT2D eigenvalue weighted by molar-refractivity contribution is 7.45. The molecule has 88 heavy (non-hydrogen) atoms. The minimum Gasteiger partial charge on any atom is -0.756 e. The van der Waals surface area contributed by atoms with Crippen molar-refractivity contribution in [3.8, 4) is 0 Å². The maximum Gasteiger partial charge on any atom is 0.306 e. The maximum absolute atomic E-state index is 12.9. The van der Waals surface area contributed by atoms with Crippen LogP contribution in [0.4, 0.5) is 0 Å². The predicted molar refractivity (Wildman–Crippen MR) is 379 cm³/mol. The molecule has 510 valence electrons. The van der Waals surface area contributed by atoms with Gasteiger partial charge in [0.15, 0.2) is 6.10 Å². The number of phosphoric ester groups is 1. The van der Waals surface area contributed by atoms with Gasteiger partial charge in [-0.2, -0.15) is 0 Å². The Kier molecular flexibility index (Phi) is 65.9. The number of ether oxygens (including phenoxy) is 2. The number of carbonyl (C=O) groups excluding carboxylic acids is 2. The third-order valence-corrected chi connectivity index (χ3v) is 17.1. The Bertz CT molecular complexity index is 1810. The Hall–Kier alpha value is -3.07. The second kappa shape index (κ2) is 68.3. The molecule has 2 atom stereocenters. The lowest BCUT2D eigenvalue weighted by Gasteiger charge is -2.28. The van der Waals surface area contributed by atoms with Gasteiger partial charge in [0.2, 0.25) is 0 Å². The molecule has 2 unspecified atom stereocenters. The van der Waals surface area contributed by atoms with Crippen molar-refractivity contribution in [1.82, 2.24) is 0 Å². The van der Waals surface area contributed by atoms with Crippen molar-refractivity contribution in [1.29, 1.82) is 0 Å². The summed E-state index contributed by atoms with van der Waals surface area (Å²) in [5.41, 5.74) is 0. The molecule has 0 fully saturated rings. The van der Waals surface area contributed by atoms with E-state index < -0.39 is 26.5 Å². The normalized spacial score (nSPS) is 13.7. The molecule has 0 N–H and O–H groups in total. The molecule has 0 aromatic carbocycles. The lowest BCUT2D eigenvalue weighted by Crippen LogP contribution is -2.37. The number of hydrogen-bond donors (Lipinski definition) is 0. The van der Waals surface area contributed by atoms with Crippen molar-refractivity contribution < 1.29 is 42.1 Å². The highest BCUT2D eigenvalue weighted by atomic mass is 31.2. The van der Waals surface area contributed by atoms with Crippen LogP contribution in [0.15, 0.2) is 97.2 Å². The average Bonchev–Trinajstić information content (AvgIpc) is 3.68. The first-order valence-corrected chi connectivity index (χ1v) is 38.4. The first-order chi connectivity index (χ1) is 43.0. The summed E-state index contributed by atoms with van der Waals surface area (Å²) in [6.45, 7) is 4.17. The molecule has 0 aromatic heterocycles. The summed E-state index contributed by atoms with van der Waals surface area (Å²) in [5, 5.41) is 0. The van der Waals surface area contributed by atoms with Crippen LogP contribution < -0.4 is 4.89 Å². The number of phosphoric acid groups is 1. The summed E-state index contributed by atoms with van der Waals surface area (Å²) in [6, 6.07) is 0. The van der Waals surface area contributed by atoms with Crippen molar-refractivity contribution in [2.45, 2.75) is 341 Å². The molecular weight excluding hydrogens is 1110 g/mol. The monoisotopic (exact) mass is 1250 g/mol. The fourth-order valence-electron chi connectivity index (χ4n) is 10.5. The zero-order valence-electron chi connectivity index (χ0n) is 58.2. The zero-order valence-corrected chi connectivity index (χ0v) is 59.1. The molecule has 0 rings (SSSR count). The van der Waals surface area contributed by atoms with E-state index in [-0.39, 0.29) is 32.0 Å². The van der Waals surface area contributed by atoms with Crippen molar-refractivity contribution in [3.63, 3.8) is 0 Å². The van der Waals surface area contributed by atoms with Gasteiger partial charge in [-0.25, -0.2) is 0 Å². The standard InChI is InChI=1S/C78H140NO8P/c1-6-8-10-12-14-16-18-20-22-24-26-28-30-32-33-34-35-36-37-38-39-40-41-42-43-44-45-47-49-51-53-55-57-59-61-63-65-67-69-71-78(81)87-76(75-86-88(82,83)85-73-72-79(3,4)5)74-84-77(80)70-68-66-64-62-60-58-56-54-52-50-48-46-31-29-27-25-23-21-19-17-15-13-11-9-7-2/h8,10,14,16,20,22,25-28,32-33,35-36,38-39,76H,6-7,9,11-13,15,17-19,21,23-24,29-31,34,37,40-75H2,1-5H3/b10-8-,16-14-,22-20-,27-25-,28-26-,33-32-,36-35-,39-38-. The van der Waals surface area contributed by atoms with Crippen LogP contribution in [-0.2, 0) is 32.7 Å². The SMILES string of the molecule is CC/C=C\C/C=C\C/C=C\C/C=C\C/C=C\C/C=C\C/C=C\CCCCCCCCCCCCCCCCCCCC(=O)OC(COC(=O)CCCCCCCCCCCCCCC/C=C\CCCCCCCCCC)COP(=O)([O-])OCC[N+](C)(C)C. The lowest BCUT2D eigenvalue weighted by molar-refractivity contribution is -0.870. The number of unbranched alkanes of at least 4 members (excludes halogenated alkanes) is 38. The molecule has 9 nitrogen and oxygen atoms in total. The minimum atomic E-state index is -4.64. The molecule has 0 spiro atoms.